The smallest absolute Gasteiger partial charge is 0.0681 e. The summed E-state index contributed by atoms with van der Waals surface area (Å²) in [6.45, 7) is 0.140. The Labute approximate surface area is 138 Å². The van der Waals surface area contributed by atoms with Crippen molar-refractivity contribution >= 4 is 51.4 Å². The Hall–Kier alpha value is 1.78. The molecule has 1 rings (SSSR count). The van der Waals surface area contributed by atoms with Crippen LogP contribution >= 0.6 is 0 Å². The van der Waals surface area contributed by atoms with Crippen molar-refractivity contribution in [1.29, 1.82) is 0 Å². The van der Waals surface area contributed by atoms with Gasteiger partial charge in [-0.2, -0.15) is 0 Å². The zero-order valence-corrected chi connectivity index (χ0v) is 12.9. The second-order valence-corrected chi connectivity index (χ2v) is 1.64. The molecular weight excluding hydrogens is 266 g/mol. The SMILES string of the molecule is F.F.OCc1ccccc1.[K].[Y]. The number of aliphatic hydroxyl groups excluding tert-OH is 1. The molecule has 1 N–H and O–H groups in total. The third-order valence-electron chi connectivity index (χ3n) is 1.03. The fourth-order valence-corrected chi connectivity index (χ4v) is 0.583. The summed E-state index contributed by atoms with van der Waals surface area (Å²) in [7, 11) is 0. The summed E-state index contributed by atoms with van der Waals surface area (Å²) < 4.78 is 0. The standard InChI is InChI=1S/C7H8O.2FH.K.Y/c8-6-7-4-2-1-3-5-7;;;;/h1-5,8H,6H2;2*1H;;. The molecular formula is C7H10F2KOY. The van der Waals surface area contributed by atoms with Crippen LogP contribution in [0, 0.1) is 0 Å². The van der Waals surface area contributed by atoms with Crippen LogP contribution in [0.15, 0.2) is 30.3 Å². The average Bonchev–Trinajstić information content (AvgIpc) is 1.90. The van der Waals surface area contributed by atoms with E-state index in [0.717, 1.165) is 5.56 Å². The van der Waals surface area contributed by atoms with Crippen LogP contribution in [0.25, 0.3) is 0 Å². The van der Waals surface area contributed by atoms with Crippen molar-refractivity contribution in [2.24, 2.45) is 0 Å². The van der Waals surface area contributed by atoms with Gasteiger partial charge >= 0.3 is 0 Å². The van der Waals surface area contributed by atoms with Crippen molar-refractivity contribution in [1.82, 2.24) is 0 Å². The normalized spacial score (nSPS) is 6.08. The van der Waals surface area contributed by atoms with Crippen LogP contribution in [0.1, 0.15) is 5.56 Å². The monoisotopic (exact) mass is 276 g/mol. The summed E-state index contributed by atoms with van der Waals surface area (Å²) >= 11 is 0. The first-order chi connectivity index (χ1) is 3.93. The molecule has 0 saturated heterocycles. The number of benzene rings is 1. The van der Waals surface area contributed by atoms with Crippen molar-refractivity contribution in [3.63, 3.8) is 0 Å². The zero-order chi connectivity index (χ0) is 5.82. The molecule has 1 nitrogen and oxygen atoms in total. The van der Waals surface area contributed by atoms with Crippen LogP contribution in [0.5, 0.6) is 0 Å². The molecule has 12 heavy (non-hydrogen) atoms. The Morgan fingerprint density at radius 2 is 1.42 bits per heavy atom. The second kappa shape index (κ2) is 15.3. The van der Waals surface area contributed by atoms with E-state index in [9.17, 15) is 0 Å². The minimum absolute atomic E-state index is 0. The van der Waals surface area contributed by atoms with Crippen LogP contribution in [0.4, 0.5) is 9.41 Å². The molecule has 0 atom stereocenters. The Morgan fingerprint density at radius 1 is 1.00 bits per heavy atom. The first kappa shape index (κ1) is 23.5. The molecule has 0 aliphatic rings. The molecule has 0 amide bonds. The van der Waals surface area contributed by atoms with Gasteiger partial charge in [0.05, 0.1) is 6.61 Å². The summed E-state index contributed by atoms with van der Waals surface area (Å²) in [5, 5.41) is 8.54. The van der Waals surface area contributed by atoms with E-state index in [1.165, 1.54) is 0 Å². The van der Waals surface area contributed by atoms with Crippen molar-refractivity contribution in [2.75, 3.05) is 0 Å². The van der Waals surface area contributed by atoms with E-state index in [1.807, 2.05) is 30.3 Å². The van der Waals surface area contributed by atoms with E-state index in [-0.39, 0.29) is 100 Å². The first-order valence-corrected chi connectivity index (χ1v) is 2.58. The van der Waals surface area contributed by atoms with Gasteiger partial charge in [-0.1, -0.05) is 30.3 Å². The topological polar surface area (TPSA) is 20.2 Å². The summed E-state index contributed by atoms with van der Waals surface area (Å²) in [5.74, 6) is 0. The summed E-state index contributed by atoms with van der Waals surface area (Å²) in [6, 6.07) is 9.52. The van der Waals surface area contributed by atoms with Crippen molar-refractivity contribution in [3.05, 3.63) is 35.9 Å². The van der Waals surface area contributed by atoms with Crippen LogP contribution < -0.4 is 0 Å². The summed E-state index contributed by atoms with van der Waals surface area (Å²) in [6.07, 6.45) is 0. The number of hydrogen-bond donors (Lipinski definition) is 1. The molecule has 0 spiro atoms. The zero-order valence-electron chi connectivity index (χ0n) is 6.93. The van der Waals surface area contributed by atoms with Crippen molar-refractivity contribution in [3.8, 4) is 0 Å². The largest absolute Gasteiger partial charge is 0.392 e. The van der Waals surface area contributed by atoms with E-state index in [4.69, 9.17) is 5.11 Å². The Morgan fingerprint density at radius 3 is 1.67 bits per heavy atom. The van der Waals surface area contributed by atoms with Gasteiger partial charge in [0.2, 0.25) is 0 Å². The van der Waals surface area contributed by atoms with Gasteiger partial charge in [-0.15, -0.1) is 0 Å². The first-order valence-electron chi connectivity index (χ1n) is 2.58. The van der Waals surface area contributed by atoms with Crippen LogP contribution in [0.3, 0.4) is 0 Å². The molecule has 1 aromatic rings. The molecule has 0 fully saturated rings. The van der Waals surface area contributed by atoms with Gasteiger partial charge in [0, 0.05) is 84.1 Å². The quantitative estimate of drug-likeness (QED) is 0.762. The summed E-state index contributed by atoms with van der Waals surface area (Å²) in [5.41, 5.74) is 0.965. The van der Waals surface area contributed by atoms with Gasteiger partial charge in [-0.25, -0.2) is 0 Å². The third kappa shape index (κ3) is 9.87. The molecule has 62 valence electrons. The fraction of sp³-hybridized carbons (Fsp3) is 0.143. The predicted octanol–water partition coefficient (Wildman–Crippen LogP) is 1.10. The minimum Gasteiger partial charge on any atom is -0.392 e. The van der Waals surface area contributed by atoms with E-state index < -0.39 is 0 Å². The molecule has 2 radical (unpaired) electrons. The molecule has 0 bridgehead atoms. The number of aliphatic hydroxyl groups is 1. The van der Waals surface area contributed by atoms with Crippen LogP contribution in [0.2, 0.25) is 0 Å². The Kier molecular flexibility index (Phi) is 29.9. The average molecular weight is 276 g/mol. The van der Waals surface area contributed by atoms with E-state index in [2.05, 4.69) is 0 Å². The van der Waals surface area contributed by atoms with E-state index in [0.29, 0.717) is 0 Å². The third-order valence-corrected chi connectivity index (χ3v) is 1.03. The maximum absolute atomic E-state index is 8.54. The predicted molar refractivity (Wildman–Crippen MR) is 43.1 cm³/mol. The molecule has 5 heteroatoms. The molecule has 1 aromatic carbocycles. The molecule has 0 aliphatic carbocycles. The van der Waals surface area contributed by atoms with Crippen molar-refractivity contribution in [2.45, 2.75) is 6.61 Å². The van der Waals surface area contributed by atoms with Gasteiger partial charge in [0.25, 0.3) is 0 Å². The number of rotatable bonds is 1. The van der Waals surface area contributed by atoms with Gasteiger partial charge < -0.3 is 5.11 Å². The summed E-state index contributed by atoms with van der Waals surface area (Å²) in [4.78, 5) is 0. The number of halogens is 2. The van der Waals surface area contributed by atoms with Crippen LogP contribution in [-0.2, 0) is 39.3 Å². The molecule has 0 unspecified atom stereocenters. The van der Waals surface area contributed by atoms with E-state index in [1.54, 1.807) is 0 Å². The molecule has 0 aliphatic heterocycles. The Bertz CT molecular complexity index is 163. The van der Waals surface area contributed by atoms with Gasteiger partial charge in [-0.05, 0) is 5.56 Å². The van der Waals surface area contributed by atoms with Gasteiger partial charge in [-0.3, -0.25) is 9.41 Å². The molecule has 0 heterocycles. The second-order valence-electron chi connectivity index (χ2n) is 1.64. The van der Waals surface area contributed by atoms with Crippen molar-refractivity contribution < 1.29 is 47.2 Å². The molecule has 0 saturated carbocycles. The minimum atomic E-state index is 0. The maximum atomic E-state index is 8.54. The maximum Gasteiger partial charge on any atom is 0.0681 e. The van der Waals surface area contributed by atoms with Crippen LogP contribution in [-0.4, -0.2) is 56.5 Å². The van der Waals surface area contributed by atoms with E-state index >= 15 is 0 Å². The van der Waals surface area contributed by atoms with Gasteiger partial charge in [0.15, 0.2) is 0 Å². The number of hydrogen-bond acceptors (Lipinski definition) is 1. The fourth-order valence-electron chi connectivity index (χ4n) is 0.583. The Balaban J connectivity index is -0.0000000800. The van der Waals surface area contributed by atoms with Gasteiger partial charge in [0.1, 0.15) is 0 Å². The molecule has 0 aromatic heterocycles.